The molecule has 0 heterocycles. The number of ether oxygens (including phenoxy) is 2. The molecule has 0 saturated heterocycles. The molecule has 0 fully saturated rings. The predicted molar refractivity (Wildman–Crippen MR) is 162 cm³/mol. The molecule has 0 saturated carbocycles. The number of nitrogens with one attached hydrogen (secondary N) is 1. The van der Waals surface area contributed by atoms with Gasteiger partial charge in [-0.1, -0.05) is 19.1 Å². The van der Waals surface area contributed by atoms with E-state index >= 15 is 0 Å². The van der Waals surface area contributed by atoms with Crippen LogP contribution in [-0.2, 0) is 26.2 Å². The standard InChI is InChI=1S/C30H37N3O6S2/c1-6-28(30(35)31-3)32(20-22-8-12-24(38-4)13-9-22)29(34)21-33(23-10-14-25(15-11-23)39-7-2)41(36,37)27-18-16-26(40-5)17-19-27/h8-19,28H,6-7,20-21H2,1-5H3,(H,31,35). The predicted octanol–water partition coefficient (Wildman–Crippen LogP) is 4.56. The first kappa shape index (κ1) is 31.8. The lowest BCUT2D eigenvalue weighted by Gasteiger charge is -2.33. The molecule has 220 valence electrons. The first-order valence-electron chi connectivity index (χ1n) is 13.2. The number of carbonyl (C=O) groups excluding carboxylic acids is 2. The van der Waals surface area contributed by atoms with E-state index in [1.807, 2.05) is 32.2 Å². The van der Waals surface area contributed by atoms with E-state index in [4.69, 9.17) is 9.47 Å². The van der Waals surface area contributed by atoms with Crippen molar-refractivity contribution in [3.8, 4) is 11.5 Å². The van der Waals surface area contributed by atoms with Crippen molar-refractivity contribution in [3.05, 3.63) is 78.4 Å². The second-order valence-electron chi connectivity index (χ2n) is 9.02. The number of hydrogen-bond acceptors (Lipinski definition) is 7. The van der Waals surface area contributed by atoms with Gasteiger partial charge in [0.15, 0.2) is 0 Å². The van der Waals surface area contributed by atoms with Crippen LogP contribution in [0.2, 0.25) is 0 Å². The van der Waals surface area contributed by atoms with Gasteiger partial charge in [-0.2, -0.15) is 0 Å². The molecule has 1 atom stereocenters. The molecule has 0 bridgehead atoms. The molecule has 0 aliphatic rings. The highest BCUT2D eigenvalue weighted by atomic mass is 32.2. The van der Waals surface area contributed by atoms with Gasteiger partial charge in [0, 0.05) is 18.5 Å². The minimum Gasteiger partial charge on any atom is -0.497 e. The average Bonchev–Trinajstić information content (AvgIpc) is 3.00. The minimum absolute atomic E-state index is 0.0528. The van der Waals surface area contributed by atoms with Gasteiger partial charge in [0.25, 0.3) is 10.0 Å². The quantitative estimate of drug-likeness (QED) is 0.271. The Hall–Kier alpha value is -3.70. The highest BCUT2D eigenvalue weighted by molar-refractivity contribution is 7.98. The Morgan fingerprint density at radius 2 is 1.54 bits per heavy atom. The van der Waals surface area contributed by atoms with Crippen molar-refractivity contribution in [2.75, 3.05) is 37.9 Å². The fourth-order valence-electron chi connectivity index (χ4n) is 4.29. The summed E-state index contributed by atoms with van der Waals surface area (Å²) in [5.74, 6) is 0.383. The summed E-state index contributed by atoms with van der Waals surface area (Å²) in [5, 5.41) is 2.62. The summed E-state index contributed by atoms with van der Waals surface area (Å²) < 4.78 is 39.8. The number of rotatable bonds is 14. The fraction of sp³-hybridized carbons (Fsp3) is 0.333. The Labute approximate surface area is 246 Å². The van der Waals surface area contributed by atoms with Gasteiger partial charge >= 0.3 is 0 Å². The molecule has 41 heavy (non-hydrogen) atoms. The fourth-order valence-corrected chi connectivity index (χ4v) is 6.12. The SMILES string of the molecule is CCOc1ccc(N(CC(=O)N(Cc2ccc(OC)cc2)C(CC)C(=O)NC)S(=O)(=O)c2ccc(SC)cc2)cc1. The van der Waals surface area contributed by atoms with E-state index in [0.29, 0.717) is 30.2 Å². The largest absolute Gasteiger partial charge is 0.497 e. The van der Waals surface area contributed by atoms with Gasteiger partial charge in [-0.3, -0.25) is 13.9 Å². The maximum atomic E-state index is 14.0. The van der Waals surface area contributed by atoms with E-state index < -0.39 is 28.5 Å². The van der Waals surface area contributed by atoms with Crippen LogP contribution in [0.1, 0.15) is 25.8 Å². The Morgan fingerprint density at radius 3 is 2.05 bits per heavy atom. The topological polar surface area (TPSA) is 105 Å². The Kier molecular flexibility index (Phi) is 11.5. The summed E-state index contributed by atoms with van der Waals surface area (Å²) in [6, 6.07) is 19.4. The summed E-state index contributed by atoms with van der Waals surface area (Å²) in [4.78, 5) is 29.2. The Morgan fingerprint density at radius 1 is 0.927 bits per heavy atom. The smallest absolute Gasteiger partial charge is 0.264 e. The molecule has 3 aromatic carbocycles. The molecular weight excluding hydrogens is 562 g/mol. The van der Waals surface area contributed by atoms with Gasteiger partial charge in [-0.05, 0) is 85.8 Å². The second kappa shape index (κ2) is 14.8. The van der Waals surface area contributed by atoms with Crippen LogP contribution >= 0.6 is 11.8 Å². The van der Waals surface area contributed by atoms with Crippen LogP contribution in [0.15, 0.2) is 82.6 Å². The van der Waals surface area contributed by atoms with Gasteiger partial charge < -0.3 is 19.7 Å². The van der Waals surface area contributed by atoms with Crippen molar-refractivity contribution >= 4 is 39.3 Å². The van der Waals surface area contributed by atoms with Crippen molar-refractivity contribution in [2.24, 2.45) is 0 Å². The number of benzene rings is 3. The maximum absolute atomic E-state index is 14.0. The minimum atomic E-state index is -4.15. The van der Waals surface area contributed by atoms with E-state index in [-0.39, 0.29) is 17.3 Å². The Bertz CT molecular complexity index is 1400. The van der Waals surface area contributed by atoms with Crippen molar-refractivity contribution < 1.29 is 27.5 Å². The molecule has 1 unspecified atom stereocenters. The molecule has 9 nitrogen and oxygen atoms in total. The number of thioether (sulfide) groups is 1. The van der Waals surface area contributed by atoms with E-state index in [1.54, 1.807) is 55.6 Å². The third-order valence-electron chi connectivity index (χ3n) is 6.51. The molecule has 2 amide bonds. The van der Waals surface area contributed by atoms with Crippen LogP contribution in [0.25, 0.3) is 0 Å². The van der Waals surface area contributed by atoms with Gasteiger partial charge in [0.2, 0.25) is 11.8 Å². The number of anilines is 1. The number of nitrogens with zero attached hydrogens (tertiary/aromatic N) is 2. The van der Waals surface area contributed by atoms with Gasteiger partial charge in [0.1, 0.15) is 24.1 Å². The first-order chi connectivity index (χ1) is 19.7. The number of hydrogen-bond donors (Lipinski definition) is 1. The van der Waals surface area contributed by atoms with Crippen molar-refractivity contribution in [3.63, 3.8) is 0 Å². The van der Waals surface area contributed by atoms with Crippen LogP contribution in [-0.4, -0.2) is 64.7 Å². The summed E-state index contributed by atoms with van der Waals surface area (Å²) in [5.41, 5.74) is 1.07. The van der Waals surface area contributed by atoms with Crippen LogP contribution in [0.3, 0.4) is 0 Å². The molecule has 3 rings (SSSR count). The normalized spacial score (nSPS) is 11.8. The summed E-state index contributed by atoms with van der Waals surface area (Å²) in [6.07, 6.45) is 2.25. The van der Waals surface area contributed by atoms with Gasteiger partial charge in [0.05, 0.1) is 24.3 Å². The van der Waals surface area contributed by atoms with E-state index in [9.17, 15) is 18.0 Å². The van der Waals surface area contributed by atoms with Crippen LogP contribution in [0.5, 0.6) is 11.5 Å². The average molecular weight is 600 g/mol. The highest BCUT2D eigenvalue weighted by Gasteiger charge is 2.33. The molecule has 0 aliphatic carbocycles. The molecule has 3 aromatic rings. The lowest BCUT2D eigenvalue weighted by molar-refractivity contribution is -0.140. The summed E-state index contributed by atoms with van der Waals surface area (Å²) in [6.45, 7) is 3.72. The van der Waals surface area contributed by atoms with Gasteiger partial charge in [-0.15, -0.1) is 11.8 Å². The van der Waals surface area contributed by atoms with Crippen LogP contribution in [0.4, 0.5) is 5.69 Å². The third-order valence-corrected chi connectivity index (χ3v) is 9.04. The van der Waals surface area contributed by atoms with Crippen LogP contribution < -0.4 is 19.1 Å². The monoisotopic (exact) mass is 599 g/mol. The van der Waals surface area contributed by atoms with Crippen molar-refractivity contribution in [1.29, 1.82) is 0 Å². The number of amides is 2. The zero-order chi connectivity index (χ0) is 30.0. The third kappa shape index (κ3) is 7.95. The number of carbonyl (C=O) groups is 2. The van der Waals surface area contributed by atoms with E-state index in [1.165, 1.54) is 35.8 Å². The molecular formula is C30H37N3O6S2. The molecule has 0 aliphatic heterocycles. The maximum Gasteiger partial charge on any atom is 0.264 e. The van der Waals surface area contributed by atoms with E-state index in [0.717, 1.165) is 14.8 Å². The molecule has 11 heteroatoms. The summed E-state index contributed by atoms with van der Waals surface area (Å²) >= 11 is 1.50. The Balaban J connectivity index is 2.05. The van der Waals surface area contributed by atoms with E-state index in [2.05, 4.69) is 5.32 Å². The molecule has 0 aromatic heterocycles. The number of methoxy groups -OCH3 is 1. The molecule has 1 N–H and O–H groups in total. The summed E-state index contributed by atoms with van der Waals surface area (Å²) in [7, 11) is -1.08. The van der Waals surface area contributed by atoms with Crippen molar-refractivity contribution in [2.45, 2.75) is 42.6 Å². The second-order valence-corrected chi connectivity index (χ2v) is 11.8. The number of likely N-dealkylation sites (N-methyl/N-ethyl adjacent to an activating group) is 1. The van der Waals surface area contributed by atoms with Crippen LogP contribution in [0, 0.1) is 0 Å². The van der Waals surface area contributed by atoms with Crippen molar-refractivity contribution in [1.82, 2.24) is 10.2 Å². The molecule has 0 radical (unpaired) electrons. The first-order valence-corrected chi connectivity index (χ1v) is 15.9. The lowest BCUT2D eigenvalue weighted by Crippen LogP contribution is -2.51. The van der Waals surface area contributed by atoms with Gasteiger partial charge in [-0.25, -0.2) is 8.42 Å². The molecule has 0 spiro atoms. The number of sulfonamides is 1. The lowest BCUT2D eigenvalue weighted by atomic mass is 10.1. The highest BCUT2D eigenvalue weighted by Crippen LogP contribution is 2.28. The zero-order valence-electron chi connectivity index (χ0n) is 24.0. The zero-order valence-corrected chi connectivity index (χ0v) is 25.6.